The second kappa shape index (κ2) is 7.62. The molecule has 0 amide bonds. The van der Waals surface area contributed by atoms with Crippen molar-refractivity contribution in [2.45, 2.75) is 39.3 Å². The SMILES string of the molecule is CCC(N)Cc1cc(C)ccc1OCc1ccccc1Br. The molecule has 3 heteroatoms. The summed E-state index contributed by atoms with van der Waals surface area (Å²) in [6, 6.07) is 14.6. The zero-order valence-electron chi connectivity index (χ0n) is 12.6. The third kappa shape index (κ3) is 4.58. The molecule has 0 heterocycles. The molecule has 0 aromatic heterocycles. The molecule has 1 unspecified atom stereocenters. The van der Waals surface area contributed by atoms with Gasteiger partial charge < -0.3 is 10.5 Å². The van der Waals surface area contributed by atoms with Crippen molar-refractivity contribution in [1.29, 1.82) is 0 Å². The van der Waals surface area contributed by atoms with Crippen LogP contribution in [0, 0.1) is 6.92 Å². The third-order valence-corrected chi connectivity index (χ3v) is 4.34. The van der Waals surface area contributed by atoms with Gasteiger partial charge in [0.1, 0.15) is 12.4 Å². The highest BCUT2D eigenvalue weighted by Crippen LogP contribution is 2.24. The molecule has 0 aliphatic carbocycles. The molecule has 2 aromatic carbocycles. The van der Waals surface area contributed by atoms with Crippen molar-refractivity contribution in [2.24, 2.45) is 5.73 Å². The third-order valence-electron chi connectivity index (χ3n) is 3.56. The van der Waals surface area contributed by atoms with Crippen LogP contribution in [0.15, 0.2) is 46.9 Å². The molecule has 0 fully saturated rings. The van der Waals surface area contributed by atoms with Crippen LogP contribution < -0.4 is 10.5 Å². The Morgan fingerprint density at radius 3 is 2.62 bits per heavy atom. The fraction of sp³-hybridized carbons (Fsp3) is 0.333. The first-order valence-corrected chi connectivity index (χ1v) is 8.10. The minimum atomic E-state index is 0.178. The summed E-state index contributed by atoms with van der Waals surface area (Å²) in [5.41, 5.74) is 9.66. The summed E-state index contributed by atoms with van der Waals surface area (Å²) in [7, 11) is 0. The number of benzene rings is 2. The zero-order chi connectivity index (χ0) is 15.2. The van der Waals surface area contributed by atoms with E-state index in [2.05, 4.69) is 48.0 Å². The largest absolute Gasteiger partial charge is 0.489 e. The molecule has 1 atom stereocenters. The number of halogens is 1. The Balaban J connectivity index is 2.14. The lowest BCUT2D eigenvalue weighted by Gasteiger charge is -2.15. The standard InChI is InChI=1S/C18H22BrNO/c1-3-16(20)11-15-10-13(2)8-9-18(15)21-12-14-6-4-5-7-17(14)19/h4-10,16H,3,11-12,20H2,1-2H3. The van der Waals surface area contributed by atoms with E-state index in [-0.39, 0.29) is 6.04 Å². The van der Waals surface area contributed by atoms with Crippen LogP contribution in [0.1, 0.15) is 30.0 Å². The molecule has 0 aliphatic heterocycles. The quantitative estimate of drug-likeness (QED) is 0.827. The van der Waals surface area contributed by atoms with Gasteiger partial charge in [-0.1, -0.05) is 58.7 Å². The maximum absolute atomic E-state index is 6.09. The van der Waals surface area contributed by atoms with Crippen molar-refractivity contribution in [3.63, 3.8) is 0 Å². The van der Waals surface area contributed by atoms with Crippen molar-refractivity contribution < 1.29 is 4.74 Å². The smallest absolute Gasteiger partial charge is 0.123 e. The maximum atomic E-state index is 6.09. The first-order chi connectivity index (χ1) is 10.1. The summed E-state index contributed by atoms with van der Waals surface area (Å²) in [5, 5.41) is 0. The summed E-state index contributed by atoms with van der Waals surface area (Å²) in [6.07, 6.45) is 1.82. The lowest BCUT2D eigenvalue weighted by molar-refractivity contribution is 0.301. The fourth-order valence-corrected chi connectivity index (χ4v) is 2.61. The van der Waals surface area contributed by atoms with Crippen LogP contribution in [0.2, 0.25) is 0 Å². The molecular formula is C18H22BrNO. The normalized spacial score (nSPS) is 12.2. The van der Waals surface area contributed by atoms with Gasteiger partial charge in [0.05, 0.1) is 0 Å². The molecule has 2 N–H and O–H groups in total. The predicted molar refractivity (Wildman–Crippen MR) is 91.6 cm³/mol. The van der Waals surface area contributed by atoms with E-state index in [1.54, 1.807) is 0 Å². The molecule has 0 bridgehead atoms. The Kier molecular flexibility index (Phi) is 5.83. The van der Waals surface area contributed by atoms with Gasteiger partial charge in [-0.15, -0.1) is 0 Å². The first-order valence-electron chi connectivity index (χ1n) is 7.31. The maximum Gasteiger partial charge on any atom is 0.123 e. The summed E-state index contributed by atoms with van der Waals surface area (Å²) in [6.45, 7) is 4.76. The number of aryl methyl sites for hydroxylation is 1. The Labute approximate surface area is 135 Å². The Bertz CT molecular complexity index is 598. The molecule has 0 spiro atoms. The summed E-state index contributed by atoms with van der Waals surface area (Å²) in [5.74, 6) is 0.931. The van der Waals surface area contributed by atoms with Gasteiger partial charge in [0.15, 0.2) is 0 Å². The van der Waals surface area contributed by atoms with E-state index < -0.39 is 0 Å². The Morgan fingerprint density at radius 2 is 1.90 bits per heavy atom. The van der Waals surface area contributed by atoms with Crippen LogP contribution >= 0.6 is 15.9 Å². The van der Waals surface area contributed by atoms with Gasteiger partial charge in [-0.3, -0.25) is 0 Å². The van der Waals surface area contributed by atoms with Crippen LogP contribution in [-0.4, -0.2) is 6.04 Å². The first kappa shape index (κ1) is 16.1. The molecule has 2 rings (SSSR count). The Morgan fingerprint density at radius 1 is 1.14 bits per heavy atom. The van der Waals surface area contributed by atoms with Crippen LogP contribution in [0.25, 0.3) is 0 Å². The number of hydrogen-bond acceptors (Lipinski definition) is 2. The molecule has 2 aromatic rings. The van der Waals surface area contributed by atoms with Crippen molar-refractivity contribution >= 4 is 15.9 Å². The number of nitrogens with two attached hydrogens (primary N) is 1. The highest BCUT2D eigenvalue weighted by atomic mass is 79.9. The molecule has 0 saturated heterocycles. The van der Waals surface area contributed by atoms with E-state index in [0.29, 0.717) is 6.61 Å². The van der Waals surface area contributed by atoms with Crippen LogP contribution in [0.5, 0.6) is 5.75 Å². The monoisotopic (exact) mass is 347 g/mol. The topological polar surface area (TPSA) is 35.2 Å². The zero-order valence-corrected chi connectivity index (χ0v) is 14.2. The molecule has 112 valence electrons. The van der Waals surface area contributed by atoms with E-state index in [4.69, 9.17) is 10.5 Å². The van der Waals surface area contributed by atoms with Gasteiger partial charge >= 0.3 is 0 Å². The van der Waals surface area contributed by atoms with Crippen LogP contribution in [0.3, 0.4) is 0 Å². The van der Waals surface area contributed by atoms with Crippen molar-refractivity contribution in [3.05, 3.63) is 63.6 Å². The minimum absolute atomic E-state index is 0.178. The van der Waals surface area contributed by atoms with Gasteiger partial charge in [-0.05, 0) is 37.5 Å². The molecule has 0 radical (unpaired) electrons. The highest BCUT2D eigenvalue weighted by molar-refractivity contribution is 9.10. The molecule has 2 nitrogen and oxygen atoms in total. The second-order valence-corrected chi connectivity index (χ2v) is 6.22. The average Bonchev–Trinajstić information content (AvgIpc) is 2.48. The summed E-state index contributed by atoms with van der Waals surface area (Å²) < 4.78 is 7.09. The summed E-state index contributed by atoms with van der Waals surface area (Å²) >= 11 is 3.55. The van der Waals surface area contributed by atoms with E-state index >= 15 is 0 Å². The van der Waals surface area contributed by atoms with E-state index in [9.17, 15) is 0 Å². The van der Waals surface area contributed by atoms with Crippen LogP contribution in [0.4, 0.5) is 0 Å². The van der Waals surface area contributed by atoms with E-state index in [0.717, 1.165) is 28.6 Å². The number of hydrogen-bond donors (Lipinski definition) is 1. The average molecular weight is 348 g/mol. The number of rotatable bonds is 6. The molecule has 21 heavy (non-hydrogen) atoms. The van der Waals surface area contributed by atoms with Crippen molar-refractivity contribution in [2.75, 3.05) is 0 Å². The molecular weight excluding hydrogens is 326 g/mol. The van der Waals surface area contributed by atoms with Gasteiger partial charge in [0.2, 0.25) is 0 Å². The van der Waals surface area contributed by atoms with Gasteiger partial charge in [0, 0.05) is 16.1 Å². The fourth-order valence-electron chi connectivity index (χ4n) is 2.21. The predicted octanol–water partition coefficient (Wildman–Crippen LogP) is 4.62. The molecule has 0 saturated carbocycles. The lowest BCUT2D eigenvalue weighted by atomic mass is 10.0. The van der Waals surface area contributed by atoms with Crippen molar-refractivity contribution in [1.82, 2.24) is 0 Å². The van der Waals surface area contributed by atoms with Gasteiger partial charge in [-0.25, -0.2) is 0 Å². The van der Waals surface area contributed by atoms with E-state index in [1.807, 2.05) is 24.3 Å². The molecule has 0 aliphatic rings. The summed E-state index contributed by atoms with van der Waals surface area (Å²) in [4.78, 5) is 0. The van der Waals surface area contributed by atoms with Gasteiger partial charge in [0.25, 0.3) is 0 Å². The van der Waals surface area contributed by atoms with Crippen molar-refractivity contribution in [3.8, 4) is 5.75 Å². The van der Waals surface area contributed by atoms with E-state index in [1.165, 1.54) is 11.1 Å². The highest BCUT2D eigenvalue weighted by Gasteiger charge is 2.09. The van der Waals surface area contributed by atoms with Gasteiger partial charge in [-0.2, -0.15) is 0 Å². The van der Waals surface area contributed by atoms with Crippen LogP contribution in [-0.2, 0) is 13.0 Å². The Hall–Kier alpha value is -1.32. The minimum Gasteiger partial charge on any atom is -0.489 e. The number of ether oxygens (including phenoxy) is 1. The second-order valence-electron chi connectivity index (χ2n) is 5.36. The lowest BCUT2D eigenvalue weighted by Crippen LogP contribution is -2.21.